The number of thiophene rings is 1. The van der Waals surface area contributed by atoms with E-state index in [2.05, 4.69) is 34.2 Å². The number of imidazole rings is 1. The van der Waals surface area contributed by atoms with Crippen LogP contribution < -0.4 is 0 Å². The number of fused-ring (bicyclic) bond motifs is 1. The molecule has 0 saturated carbocycles. The second-order valence-electron chi connectivity index (χ2n) is 5.05. The van der Waals surface area contributed by atoms with Crippen LogP contribution in [0.25, 0.3) is 26.7 Å². The zero-order valence-electron chi connectivity index (χ0n) is 11.9. The lowest BCUT2D eigenvalue weighted by Gasteiger charge is -2.00. The van der Waals surface area contributed by atoms with Gasteiger partial charge in [0.1, 0.15) is 5.69 Å². The third-order valence-corrected chi connectivity index (χ3v) is 4.72. The standard InChI is InChI=1S/C17H13N3OS/c1-11-17(21)20-10-13(18-9-16(20)19-11)15-8-7-14(22-15)12-5-3-2-4-6-12/h2-10,21H,1H3. The molecule has 4 rings (SSSR count). The Morgan fingerprint density at radius 2 is 1.82 bits per heavy atom. The molecule has 4 aromatic rings. The first-order chi connectivity index (χ1) is 10.7. The first-order valence-corrected chi connectivity index (χ1v) is 7.73. The normalized spacial score (nSPS) is 11.1. The van der Waals surface area contributed by atoms with E-state index >= 15 is 0 Å². The maximum absolute atomic E-state index is 10.0. The van der Waals surface area contributed by atoms with Crippen molar-refractivity contribution in [2.75, 3.05) is 0 Å². The molecule has 0 atom stereocenters. The van der Waals surface area contributed by atoms with E-state index in [1.165, 1.54) is 10.4 Å². The van der Waals surface area contributed by atoms with Crippen LogP contribution in [0.5, 0.6) is 5.88 Å². The minimum absolute atomic E-state index is 0.165. The molecule has 0 aliphatic rings. The minimum atomic E-state index is 0.165. The summed E-state index contributed by atoms with van der Waals surface area (Å²) in [5.41, 5.74) is 3.28. The molecule has 0 unspecified atom stereocenters. The first kappa shape index (κ1) is 13.0. The van der Waals surface area contributed by atoms with Crippen molar-refractivity contribution in [3.63, 3.8) is 0 Å². The highest BCUT2D eigenvalue weighted by molar-refractivity contribution is 7.18. The maximum Gasteiger partial charge on any atom is 0.219 e. The molecular formula is C17H13N3OS. The molecule has 0 bridgehead atoms. The van der Waals surface area contributed by atoms with Crippen molar-refractivity contribution in [3.05, 3.63) is 60.6 Å². The summed E-state index contributed by atoms with van der Waals surface area (Å²) < 4.78 is 1.67. The van der Waals surface area contributed by atoms with Crippen LogP contribution >= 0.6 is 11.3 Å². The number of aryl methyl sites for hydroxylation is 1. The lowest BCUT2D eigenvalue weighted by molar-refractivity contribution is 0.444. The van der Waals surface area contributed by atoms with Crippen LogP contribution in [0.15, 0.2) is 54.9 Å². The summed E-state index contributed by atoms with van der Waals surface area (Å²) in [6, 6.07) is 14.4. The highest BCUT2D eigenvalue weighted by Gasteiger charge is 2.11. The van der Waals surface area contributed by atoms with Crippen LogP contribution in [0.1, 0.15) is 5.69 Å². The maximum atomic E-state index is 10.0. The third kappa shape index (κ3) is 2.07. The van der Waals surface area contributed by atoms with Crippen LogP contribution in [0.3, 0.4) is 0 Å². The molecule has 0 saturated heterocycles. The number of benzene rings is 1. The van der Waals surface area contributed by atoms with E-state index in [0.717, 1.165) is 10.6 Å². The van der Waals surface area contributed by atoms with Crippen molar-refractivity contribution in [2.45, 2.75) is 6.92 Å². The Bertz CT molecular complexity index is 957. The summed E-state index contributed by atoms with van der Waals surface area (Å²) >= 11 is 1.68. The van der Waals surface area contributed by atoms with Crippen molar-refractivity contribution in [2.24, 2.45) is 0 Å². The smallest absolute Gasteiger partial charge is 0.219 e. The number of aromatic hydroxyl groups is 1. The van der Waals surface area contributed by atoms with Gasteiger partial charge in [-0.3, -0.25) is 4.40 Å². The first-order valence-electron chi connectivity index (χ1n) is 6.92. The summed E-state index contributed by atoms with van der Waals surface area (Å²) in [7, 11) is 0. The summed E-state index contributed by atoms with van der Waals surface area (Å²) in [5, 5.41) is 10.0. The second kappa shape index (κ2) is 4.96. The molecule has 3 aromatic heterocycles. The minimum Gasteiger partial charge on any atom is -0.493 e. The Hall–Kier alpha value is -2.66. The van der Waals surface area contributed by atoms with E-state index in [-0.39, 0.29) is 5.88 Å². The zero-order valence-corrected chi connectivity index (χ0v) is 12.7. The summed E-state index contributed by atoms with van der Waals surface area (Å²) in [5.74, 6) is 0.165. The molecule has 0 aliphatic carbocycles. The molecule has 0 aliphatic heterocycles. The van der Waals surface area contributed by atoms with Crippen LogP contribution in [0.2, 0.25) is 0 Å². The van der Waals surface area contributed by atoms with Crippen molar-refractivity contribution in [3.8, 4) is 26.9 Å². The van der Waals surface area contributed by atoms with Gasteiger partial charge in [0.15, 0.2) is 5.65 Å². The monoisotopic (exact) mass is 307 g/mol. The second-order valence-corrected chi connectivity index (χ2v) is 6.14. The van der Waals surface area contributed by atoms with Crippen molar-refractivity contribution in [1.29, 1.82) is 0 Å². The molecule has 0 amide bonds. The summed E-state index contributed by atoms with van der Waals surface area (Å²) in [4.78, 5) is 11.0. The van der Waals surface area contributed by atoms with Gasteiger partial charge in [-0.1, -0.05) is 30.3 Å². The van der Waals surface area contributed by atoms with Gasteiger partial charge in [-0.25, -0.2) is 9.97 Å². The zero-order chi connectivity index (χ0) is 15.1. The van der Waals surface area contributed by atoms with E-state index in [1.54, 1.807) is 28.9 Å². The number of hydrogen-bond donors (Lipinski definition) is 1. The average Bonchev–Trinajstić information content (AvgIpc) is 3.14. The highest BCUT2D eigenvalue weighted by atomic mass is 32.1. The molecule has 0 spiro atoms. The molecule has 108 valence electrons. The Morgan fingerprint density at radius 1 is 1.05 bits per heavy atom. The van der Waals surface area contributed by atoms with Gasteiger partial charge in [0.05, 0.1) is 16.8 Å². The fourth-order valence-electron chi connectivity index (χ4n) is 2.42. The molecule has 1 aromatic carbocycles. The van der Waals surface area contributed by atoms with Crippen molar-refractivity contribution in [1.82, 2.24) is 14.4 Å². The molecule has 0 radical (unpaired) electrons. The van der Waals surface area contributed by atoms with Gasteiger partial charge in [0.25, 0.3) is 0 Å². The van der Waals surface area contributed by atoms with Gasteiger partial charge >= 0.3 is 0 Å². The molecular weight excluding hydrogens is 294 g/mol. The summed E-state index contributed by atoms with van der Waals surface area (Å²) in [6.07, 6.45) is 3.51. The van der Waals surface area contributed by atoms with Gasteiger partial charge < -0.3 is 5.11 Å². The van der Waals surface area contributed by atoms with Crippen LogP contribution in [-0.2, 0) is 0 Å². The van der Waals surface area contributed by atoms with Gasteiger partial charge in [0, 0.05) is 11.1 Å². The third-order valence-electron chi connectivity index (χ3n) is 3.57. The average molecular weight is 307 g/mol. The fourth-order valence-corrected chi connectivity index (χ4v) is 3.39. The fraction of sp³-hybridized carbons (Fsp3) is 0.0588. The lowest BCUT2D eigenvalue weighted by Crippen LogP contribution is -1.88. The Labute approximate surface area is 131 Å². The topological polar surface area (TPSA) is 50.4 Å². The number of nitrogens with zero attached hydrogens (tertiary/aromatic N) is 3. The number of hydrogen-bond acceptors (Lipinski definition) is 4. The molecule has 22 heavy (non-hydrogen) atoms. The quantitative estimate of drug-likeness (QED) is 0.605. The van der Waals surface area contributed by atoms with E-state index in [1.807, 2.05) is 24.4 Å². The van der Waals surface area contributed by atoms with E-state index in [0.29, 0.717) is 11.3 Å². The number of aromatic nitrogens is 3. The van der Waals surface area contributed by atoms with Crippen LogP contribution in [-0.4, -0.2) is 19.5 Å². The Balaban J connectivity index is 1.79. The largest absolute Gasteiger partial charge is 0.493 e. The predicted molar refractivity (Wildman–Crippen MR) is 88.1 cm³/mol. The Morgan fingerprint density at radius 3 is 2.64 bits per heavy atom. The van der Waals surface area contributed by atoms with Crippen LogP contribution in [0, 0.1) is 6.92 Å². The van der Waals surface area contributed by atoms with E-state index < -0.39 is 0 Å². The van der Waals surface area contributed by atoms with Gasteiger partial charge in [-0.15, -0.1) is 11.3 Å². The van der Waals surface area contributed by atoms with Gasteiger partial charge in [-0.2, -0.15) is 0 Å². The van der Waals surface area contributed by atoms with Crippen LogP contribution in [0.4, 0.5) is 0 Å². The predicted octanol–water partition coefficient (Wildman–Crippen LogP) is 4.14. The summed E-state index contributed by atoms with van der Waals surface area (Å²) in [6.45, 7) is 1.78. The van der Waals surface area contributed by atoms with Crippen molar-refractivity contribution >= 4 is 17.0 Å². The lowest BCUT2D eigenvalue weighted by atomic mass is 10.2. The Kier molecular flexibility index (Phi) is 2.94. The number of rotatable bonds is 2. The molecule has 5 heteroatoms. The molecule has 0 fully saturated rings. The SMILES string of the molecule is Cc1nc2cnc(-c3ccc(-c4ccccc4)s3)cn2c1O. The highest BCUT2D eigenvalue weighted by Crippen LogP contribution is 2.33. The van der Waals surface area contributed by atoms with E-state index in [9.17, 15) is 5.11 Å². The van der Waals surface area contributed by atoms with E-state index in [4.69, 9.17) is 0 Å². The molecule has 3 heterocycles. The van der Waals surface area contributed by atoms with Gasteiger partial charge in [-0.05, 0) is 24.6 Å². The van der Waals surface area contributed by atoms with Crippen molar-refractivity contribution < 1.29 is 5.11 Å². The molecule has 1 N–H and O–H groups in total. The molecule has 4 nitrogen and oxygen atoms in total. The van der Waals surface area contributed by atoms with Gasteiger partial charge in [0.2, 0.25) is 5.88 Å².